The number of nitrogens with one attached hydrogen (secondary N) is 2. The van der Waals surface area contributed by atoms with Crippen molar-refractivity contribution in [2.24, 2.45) is 0 Å². The molecule has 5 nitrogen and oxygen atoms in total. The normalized spacial score (nSPS) is 15.5. The number of fused-ring (bicyclic) bond motifs is 3. The van der Waals surface area contributed by atoms with Gasteiger partial charge in [-0.1, -0.05) is 23.7 Å². The third kappa shape index (κ3) is 3.67. The number of rotatable bonds is 3. The second-order valence-corrected chi connectivity index (χ2v) is 8.20. The summed E-state index contributed by atoms with van der Waals surface area (Å²) in [6.07, 6.45) is 0.689. The fourth-order valence-corrected chi connectivity index (χ4v) is 4.46. The Labute approximate surface area is 189 Å². The molecule has 0 aliphatic carbocycles. The lowest BCUT2D eigenvalue weighted by atomic mass is 9.92. The van der Waals surface area contributed by atoms with Gasteiger partial charge < -0.3 is 19.9 Å². The van der Waals surface area contributed by atoms with E-state index in [1.165, 1.54) is 12.1 Å². The summed E-state index contributed by atoms with van der Waals surface area (Å²) in [5.74, 6) is 0.462. The smallest absolute Gasteiger partial charge is 0.322 e. The van der Waals surface area contributed by atoms with Gasteiger partial charge in [-0.05, 0) is 72.1 Å². The molecule has 0 saturated carbocycles. The van der Waals surface area contributed by atoms with Gasteiger partial charge in [-0.25, -0.2) is 9.18 Å². The van der Waals surface area contributed by atoms with Crippen molar-refractivity contribution >= 4 is 34.2 Å². The molecule has 0 bridgehead atoms. The maximum atomic E-state index is 13.7. The van der Waals surface area contributed by atoms with E-state index in [0.717, 1.165) is 33.5 Å². The number of nitrogens with zero attached hydrogens (tertiary/aromatic N) is 1. The molecular formula is C25H21ClFN3O2. The van der Waals surface area contributed by atoms with Crippen LogP contribution in [0.15, 0.2) is 66.7 Å². The van der Waals surface area contributed by atoms with Gasteiger partial charge >= 0.3 is 6.03 Å². The highest BCUT2D eigenvalue weighted by Crippen LogP contribution is 2.39. The first kappa shape index (κ1) is 20.4. The van der Waals surface area contributed by atoms with Crippen LogP contribution in [0.25, 0.3) is 10.9 Å². The number of hydrogen-bond acceptors (Lipinski definition) is 2. The van der Waals surface area contributed by atoms with Crippen LogP contribution in [0.4, 0.5) is 14.9 Å². The second kappa shape index (κ2) is 8.20. The van der Waals surface area contributed by atoms with E-state index >= 15 is 0 Å². The first-order chi connectivity index (χ1) is 15.5. The first-order valence-electron chi connectivity index (χ1n) is 10.3. The summed E-state index contributed by atoms with van der Waals surface area (Å²) in [6, 6.07) is 18.6. The number of halogens is 2. The quantitative estimate of drug-likeness (QED) is 0.394. The van der Waals surface area contributed by atoms with Gasteiger partial charge in [-0.15, -0.1) is 0 Å². The van der Waals surface area contributed by atoms with E-state index in [1.54, 1.807) is 48.4 Å². The topological polar surface area (TPSA) is 57.4 Å². The number of carbonyl (C=O) groups is 1. The van der Waals surface area contributed by atoms with E-state index in [4.69, 9.17) is 16.3 Å². The summed E-state index contributed by atoms with van der Waals surface area (Å²) in [5.41, 5.74) is 4.53. The van der Waals surface area contributed by atoms with Crippen molar-refractivity contribution in [1.82, 2.24) is 9.88 Å². The molecule has 1 aliphatic heterocycles. The van der Waals surface area contributed by atoms with Crippen molar-refractivity contribution in [2.75, 3.05) is 19.0 Å². The summed E-state index contributed by atoms with van der Waals surface area (Å²) in [7, 11) is 1.64. The van der Waals surface area contributed by atoms with Crippen molar-refractivity contribution < 1.29 is 13.9 Å². The van der Waals surface area contributed by atoms with Gasteiger partial charge in [0, 0.05) is 33.9 Å². The highest BCUT2D eigenvalue weighted by atomic mass is 35.5. The van der Waals surface area contributed by atoms with E-state index in [2.05, 4.69) is 10.3 Å². The largest absolute Gasteiger partial charge is 0.497 e. The Kier molecular flexibility index (Phi) is 5.23. The minimum Gasteiger partial charge on any atom is -0.497 e. The highest BCUT2D eigenvalue weighted by molar-refractivity contribution is 6.30. The van der Waals surface area contributed by atoms with Crippen molar-refractivity contribution in [3.8, 4) is 5.75 Å². The van der Waals surface area contributed by atoms with Crippen LogP contribution < -0.4 is 10.1 Å². The molecule has 2 N–H and O–H groups in total. The fraction of sp³-hybridized carbons (Fsp3) is 0.160. The highest BCUT2D eigenvalue weighted by Gasteiger charge is 2.34. The zero-order valence-electron chi connectivity index (χ0n) is 17.4. The standard InChI is InChI=1S/C25H21ClFN3O2/c1-32-19-10-11-22-21(14-19)20-12-13-30(25(31)28-18-8-4-16(26)5-9-18)24(23(20)29-22)15-2-6-17(27)7-3-15/h2-11,14,24,29H,12-13H2,1H3,(H,28,31). The van der Waals surface area contributed by atoms with Crippen LogP contribution in [0.5, 0.6) is 5.75 Å². The predicted octanol–water partition coefficient (Wildman–Crippen LogP) is 6.15. The third-order valence-corrected chi connectivity index (χ3v) is 6.13. The molecule has 1 aliphatic rings. The van der Waals surface area contributed by atoms with Crippen molar-refractivity contribution in [1.29, 1.82) is 0 Å². The molecule has 5 rings (SSSR count). The molecular weight excluding hydrogens is 429 g/mol. The molecule has 32 heavy (non-hydrogen) atoms. The number of urea groups is 1. The fourth-order valence-electron chi connectivity index (χ4n) is 4.33. The van der Waals surface area contributed by atoms with Gasteiger partial charge in [0.15, 0.2) is 0 Å². The van der Waals surface area contributed by atoms with Crippen LogP contribution in [-0.2, 0) is 6.42 Å². The van der Waals surface area contributed by atoms with Gasteiger partial charge in [0.05, 0.1) is 13.2 Å². The number of benzene rings is 3. The Hall–Kier alpha value is -3.51. The average molecular weight is 450 g/mol. The van der Waals surface area contributed by atoms with Crippen LogP contribution in [0.3, 0.4) is 0 Å². The Morgan fingerprint density at radius 1 is 1.12 bits per heavy atom. The third-order valence-electron chi connectivity index (χ3n) is 5.88. The number of methoxy groups -OCH3 is 1. The minimum atomic E-state index is -0.384. The Morgan fingerprint density at radius 3 is 2.59 bits per heavy atom. The van der Waals surface area contributed by atoms with Crippen molar-refractivity contribution in [3.63, 3.8) is 0 Å². The summed E-state index contributed by atoms with van der Waals surface area (Å²) >= 11 is 5.96. The van der Waals surface area contributed by atoms with Crippen LogP contribution in [0.1, 0.15) is 22.9 Å². The number of aromatic nitrogens is 1. The van der Waals surface area contributed by atoms with Crippen LogP contribution in [0.2, 0.25) is 5.02 Å². The molecule has 1 unspecified atom stereocenters. The van der Waals surface area contributed by atoms with Crippen LogP contribution >= 0.6 is 11.6 Å². The average Bonchev–Trinajstić information content (AvgIpc) is 3.18. The monoisotopic (exact) mass is 449 g/mol. The van der Waals surface area contributed by atoms with Crippen molar-refractivity contribution in [3.05, 3.63) is 94.4 Å². The lowest BCUT2D eigenvalue weighted by molar-refractivity contribution is 0.193. The predicted molar refractivity (Wildman–Crippen MR) is 124 cm³/mol. The number of carbonyl (C=O) groups excluding carboxylic acids is 1. The van der Waals surface area contributed by atoms with Crippen LogP contribution in [-0.4, -0.2) is 29.6 Å². The molecule has 7 heteroatoms. The number of ether oxygens (including phenoxy) is 1. The van der Waals surface area contributed by atoms with Crippen molar-refractivity contribution in [2.45, 2.75) is 12.5 Å². The molecule has 1 aromatic heterocycles. The zero-order valence-corrected chi connectivity index (χ0v) is 18.1. The van der Waals surface area contributed by atoms with E-state index in [-0.39, 0.29) is 17.9 Å². The molecule has 0 fully saturated rings. The van der Waals surface area contributed by atoms with Crippen LogP contribution in [0, 0.1) is 5.82 Å². The molecule has 162 valence electrons. The van der Waals surface area contributed by atoms with Gasteiger partial charge in [-0.3, -0.25) is 0 Å². The summed E-state index contributed by atoms with van der Waals surface area (Å²) in [5, 5.41) is 4.63. The van der Waals surface area contributed by atoms with E-state index < -0.39 is 0 Å². The Balaban J connectivity index is 1.57. The van der Waals surface area contributed by atoms with Gasteiger partial charge in [-0.2, -0.15) is 0 Å². The number of amides is 2. The Morgan fingerprint density at radius 2 is 1.88 bits per heavy atom. The molecule has 3 aromatic carbocycles. The molecule has 0 spiro atoms. The molecule has 2 amide bonds. The van der Waals surface area contributed by atoms with Gasteiger partial charge in [0.2, 0.25) is 0 Å². The Bertz CT molecular complexity index is 1290. The van der Waals surface area contributed by atoms with E-state index in [0.29, 0.717) is 23.7 Å². The van der Waals surface area contributed by atoms with E-state index in [9.17, 15) is 9.18 Å². The molecule has 2 heterocycles. The second-order valence-electron chi connectivity index (χ2n) is 7.76. The SMILES string of the molecule is COc1ccc2[nH]c3c(c2c1)CCN(C(=O)Nc1ccc(Cl)cc1)C3c1ccc(F)cc1. The maximum absolute atomic E-state index is 13.7. The molecule has 1 atom stereocenters. The summed E-state index contributed by atoms with van der Waals surface area (Å²) < 4.78 is 19.1. The molecule has 4 aromatic rings. The maximum Gasteiger partial charge on any atom is 0.322 e. The summed E-state index contributed by atoms with van der Waals surface area (Å²) in [4.78, 5) is 18.6. The summed E-state index contributed by atoms with van der Waals surface area (Å²) in [6.45, 7) is 0.513. The zero-order chi connectivity index (χ0) is 22.2. The van der Waals surface area contributed by atoms with Gasteiger partial charge in [0.25, 0.3) is 0 Å². The lowest BCUT2D eigenvalue weighted by Crippen LogP contribution is -2.43. The number of aromatic amines is 1. The lowest BCUT2D eigenvalue weighted by Gasteiger charge is -2.36. The van der Waals surface area contributed by atoms with E-state index in [1.807, 2.05) is 18.2 Å². The number of hydrogen-bond donors (Lipinski definition) is 2. The first-order valence-corrected chi connectivity index (χ1v) is 10.7. The number of anilines is 1. The minimum absolute atomic E-state index is 0.233. The van der Waals surface area contributed by atoms with Gasteiger partial charge in [0.1, 0.15) is 11.6 Å². The molecule has 0 saturated heterocycles. The molecule has 0 radical (unpaired) electrons. The number of H-pyrrole nitrogens is 1.